The van der Waals surface area contributed by atoms with Crippen LogP contribution >= 0.6 is 11.3 Å². The summed E-state index contributed by atoms with van der Waals surface area (Å²) in [4.78, 5) is 20.2. The Morgan fingerprint density at radius 2 is 2.43 bits per heavy atom. The summed E-state index contributed by atoms with van der Waals surface area (Å²) in [7, 11) is 0. The topological polar surface area (TPSA) is 73.0 Å². The van der Waals surface area contributed by atoms with Gasteiger partial charge in [-0.05, 0) is 18.6 Å². The molecule has 21 heavy (non-hydrogen) atoms. The van der Waals surface area contributed by atoms with Gasteiger partial charge in [0.05, 0.1) is 12.6 Å². The highest BCUT2D eigenvalue weighted by atomic mass is 32.1. The molecule has 6 nitrogen and oxygen atoms in total. The maximum atomic E-state index is 12.0. The highest BCUT2D eigenvalue weighted by Gasteiger charge is 2.12. The highest BCUT2D eigenvalue weighted by Crippen LogP contribution is 2.23. The molecule has 1 amide bonds. The zero-order valence-corrected chi connectivity index (χ0v) is 12.0. The van der Waals surface area contributed by atoms with Crippen LogP contribution in [0.4, 0.5) is 0 Å². The number of nitrogens with zero attached hydrogens (tertiary/aromatic N) is 3. The Hall–Kier alpha value is -2.41. The third kappa shape index (κ3) is 3.38. The van der Waals surface area contributed by atoms with Crippen LogP contribution in [0.25, 0.3) is 10.8 Å². The van der Waals surface area contributed by atoms with Crippen molar-refractivity contribution < 1.29 is 9.21 Å². The molecule has 0 saturated carbocycles. The molecule has 0 atom stereocenters. The summed E-state index contributed by atoms with van der Waals surface area (Å²) >= 11 is 1.39. The second-order valence-corrected chi connectivity index (χ2v) is 5.28. The molecular weight excluding hydrogens is 288 g/mol. The molecule has 0 fully saturated rings. The van der Waals surface area contributed by atoms with Gasteiger partial charge in [0, 0.05) is 30.9 Å². The summed E-state index contributed by atoms with van der Waals surface area (Å²) in [6.07, 6.45) is 7.84. The normalized spacial score (nSPS) is 10.7. The van der Waals surface area contributed by atoms with E-state index in [1.165, 1.54) is 11.3 Å². The molecule has 0 aromatic carbocycles. The summed E-state index contributed by atoms with van der Waals surface area (Å²) < 4.78 is 7.24. The van der Waals surface area contributed by atoms with Gasteiger partial charge in [0.25, 0.3) is 5.91 Å². The second-order valence-electron chi connectivity index (χ2n) is 4.43. The molecule has 3 heterocycles. The lowest BCUT2D eigenvalue weighted by molar-refractivity contribution is 0.0948. The van der Waals surface area contributed by atoms with Crippen molar-refractivity contribution in [3.05, 3.63) is 48.2 Å². The van der Waals surface area contributed by atoms with Gasteiger partial charge >= 0.3 is 0 Å². The van der Waals surface area contributed by atoms with Crippen LogP contribution in [0, 0.1) is 0 Å². The maximum Gasteiger partial charge on any atom is 0.270 e. The smallest absolute Gasteiger partial charge is 0.270 e. The number of amides is 1. The summed E-state index contributed by atoms with van der Waals surface area (Å²) in [6, 6.07) is 3.62. The fourth-order valence-corrected chi connectivity index (χ4v) is 2.63. The van der Waals surface area contributed by atoms with E-state index in [1.54, 1.807) is 30.2 Å². The lowest BCUT2D eigenvalue weighted by Gasteiger charge is -2.03. The number of rotatable bonds is 6. The van der Waals surface area contributed by atoms with E-state index in [4.69, 9.17) is 4.42 Å². The molecule has 7 heteroatoms. The minimum absolute atomic E-state index is 0.158. The average Bonchev–Trinajstić information content (AvgIpc) is 3.25. The maximum absolute atomic E-state index is 12.0. The van der Waals surface area contributed by atoms with Crippen LogP contribution in [0.3, 0.4) is 0 Å². The number of imidazole rings is 1. The molecule has 0 bridgehead atoms. The van der Waals surface area contributed by atoms with Crippen LogP contribution in [0.5, 0.6) is 0 Å². The third-order valence-electron chi connectivity index (χ3n) is 2.91. The van der Waals surface area contributed by atoms with Gasteiger partial charge in [-0.25, -0.2) is 9.97 Å². The number of hydrogen-bond donors (Lipinski definition) is 1. The van der Waals surface area contributed by atoms with E-state index in [1.807, 2.05) is 16.8 Å². The first-order chi connectivity index (χ1) is 10.3. The van der Waals surface area contributed by atoms with Gasteiger partial charge < -0.3 is 14.3 Å². The van der Waals surface area contributed by atoms with Crippen molar-refractivity contribution in [2.24, 2.45) is 0 Å². The van der Waals surface area contributed by atoms with E-state index < -0.39 is 0 Å². The number of carbonyl (C=O) groups is 1. The first kappa shape index (κ1) is 13.6. The summed E-state index contributed by atoms with van der Waals surface area (Å²) in [5.74, 6) is 0.522. The van der Waals surface area contributed by atoms with Crippen molar-refractivity contribution in [2.75, 3.05) is 6.54 Å². The zero-order chi connectivity index (χ0) is 14.5. The second kappa shape index (κ2) is 6.36. The van der Waals surface area contributed by atoms with Gasteiger partial charge in [0.2, 0.25) is 0 Å². The van der Waals surface area contributed by atoms with Gasteiger partial charge in [-0.3, -0.25) is 4.79 Å². The molecule has 0 radical (unpaired) electrons. The fourth-order valence-electron chi connectivity index (χ4n) is 1.86. The van der Waals surface area contributed by atoms with E-state index in [2.05, 4.69) is 15.3 Å². The molecule has 3 aromatic rings. The Balaban J connectivity index is 1.49. The molecule has 0 aliphatic rings. The lowest BCUT2D eigenvalue weighted by atomic mass is 10.4. The lowest BCUT2D eigenvalue weighted by Crippen LogP contribution is -2.25. The van der Waals surface area contributed by atoms with Crippen LogP contribution in [0.1, 0.15) is 16.9 Å². The van der Waals surface area contributed by atoms with E-state index >= 15 is 0 Å². The Kier molecular flexibility index (Phi) is 4.11. The molecule has 0 spiro atoms. The predicted molar refractivity (Wildman–Crippen MR) is 79.0 cm³/mol. The third-order valence-corrected chi connectivity index (χ3v) is 3.76. The number of aromatic nitrogens is 3. The number of aryl methyl sites for hydroxylation is 1. The minimum atomic E-state index is -0.158. The van der Waals surface area contributed by atoms with Gasteiger partial charge in [-0.2, -0.15) is 0 Å². The Bertz CT molecular complexity index is 688. The van der Waals surface area contributed by atoms with Crippen molar-refractivity contribution in [1.82, 2.24) is 19.9 Å². The molecule has 0 aliphatic carbocycles. The van der Waals surface area contributed by atoms with E-state index in [-0.39, 0.29) is 5.91 Å². The van der Waals surface area contributed by atoms with Crippen LogP contribution in [0.15, 0.2) is 46.9 Å². The van der Waals surface area contributed by atoms with E-state index in [0.29, 0.717) is 23.0 Å². The van der Waals surface area contributed by atoms with Crippen molar-refractivity contribution in [1.29, 1.82) is 0 Å². The monoisotopic (exact) mass is 302 g/mol. The van der Waals surface area contributed by atoms with Crippen molar-refractivity contribution in [3.8, 4) is 10.8 Å². The number of thiazole rings is 1. The Labute approximate surface area is 125 Å². The molecule has 0 unspecified atom stereocenters. The average molecular weight is 302 g/mol. The first-order valence-corrected chi connectivity index (χ1v) is 7.44. The Morgan fingerprint density at radius 3 is 3.19 bits per heavy atom. The predicted octanol–water partition coefficient (Wildman–Crippen LogP) is 2.42. The fraction of sp³-hybridized carbons (Fsp3) is 0.214. The van der Waals surface area contributed by atoms with Gasteiger partial charge in [-0.15, -0.1) is 11.3 Å². The van der Waals surface area contributed by atoms with Gasteiger partial charge in [0.1, 0.15) is 5.69 Å². The molecule has 0 aliphatic heterocycles. The zero-order valence-electron chi connectivity index (χ0n) is 11.2. The quantitative estimate of drug-likeness (QED) is 0.710. The molecular formula is C14H14N4O2S. The summed E-state index contributed by atoms with van der Waals surface area (Å²) in [5, 5.41) is 5.31. The number of furan rings is 1. The molecule has 1 N–H and O–H groups in total. The molecule has 108 valence electrons. The number of carbonyl (C=O) groups excluding carboxylic acids is 1. The standard InChI is InChI=1S/C14H14N4O2S/c19-13(16-4-2-6-18-7-5-15-10-18)11-9-21-14(17-11)12-3-1-8-20-12/h1,3,5,7-10H,2,4,6H2,(H,16,19). The number of hydrogen-bond acceptors (Lipinski definition) is 5. The van der Waals surface area contributed by atoms with Crippen molar-refractivity contribution in [3.63, 3.8) is 0 Å². The highest BCUT2D eigenvalue weighted by molar-refractivity contribution is 7.13. The van der Waals surface area contributed by atoms with Crippen LogP contribution in [-0.4, -0.2) is 27.0 Å². The molecule has 0 saturated heterocycles. The van der Waals surface area contributed by atoms with Crippen molar-refractivity contribution in [2.45, 2.75) is 13.0 Å². The SMILES string of the molecule is O=C(NCCCn1ccnc1)c1csc(-c2ccco2)n1. The van der Waals surface area contributed by atoms with Crippen LogP contribution in [0.2, 0.25) is 0 Å². The number of nitrogens with one attached hydrogen (secondary N) is 1. The first-order valence-electron chi connectivity index (χ1n) is 6.56. The van der Waals surface area contributed by atoms with Gasteiger partial charge in [0.15, 0.2) is 10.8 Å². The molecule has 3 rings (SSSR count). The van der Waals surface area contributed by atoms with Crippen LogP contribution in [-0.2, 0) is 6.54 Å². The largest absolute Gasteiger partial charge is 0.462 e. The van der Waals surface area contributed by atoms with Gasteiger partial charge in [-0.1, -0.05) is 0 Å². The summed E-state index contributed by atoms with van der Waals surface area (Å²) in [5.41, 5.74) is 0.425. The summed E-state index contributed by atoms with van der Waals surface area (Å²) in [6.45, 7) is 1.43. The van der Waals surface area contributed by atoms with E-state index in [9.17, 15) is 4.79 Å². The van der Waals surface area contributed by atoms with E-state index in [0.717, 1.165) is 13.0 Å². The Morgan fingerprint density at radius 1 is 1.48 bits per heavy atom. The minimum Gasteiger partial charge on any atom is -0.462 e. The molecule has 3 aromatic heterocycles. The van der Waals surface area contributed by atoms with Crippen LogP contribution < -0.4 is 5.32 Å². The van der Waals surface area contributed by atoms with Crippen molar-refractivity contribution >= 4 is 17.2 Å².